The molecule has 0 unspecified atom stereocenters. The molecule has 3 saturated heterocycles. The first-order valence-corrected chi connectivity index (χ1v) is 135. The van der Waals surface area contributed by atoms with Crippen LogP contribution in [0.2, 0.25) is 0 Å². The van der Waals surface area contributed by atoms with Gasteiger partial charge in [0, 0.05) is 136 Å². The molecule has 1 aromatic heterocycles. The summed E-state index contributed by atoms with van der Waals surface area (Å²) in [5.41, 5.74) is 2.24. The molecule has 5 aliphatic heterocycles. The molecule has 3 saturated carbocycles. The number of carbonyl (C=O) groups is 9. The van der Waals surface area contributed by atoms with Crippen LogP contribution in [0, 0.1) is 82.5 Å². The molecule has 0 bridgehead atoms. The molecule has 0 radical (unpaired) electrons. The predicted octanol–water partition coefficient (Wildman–Crippen LogP) is 19.6. The number of hydrogen-bond donors (Lipinski definition) is 6. The van der Waals surface area contributed by atoms with Gasteiger partial charge in [-0.15, -0.1) is 24.8 Å². The maximum absolute atomic E-state index is 13.7. The molecular formula is C69H84ClF15I18N14O10S4-2. The molecule has 8 aliphatic rings. The maximum atomic E-state index is 13.7. The van der Waals surface area contributed by atoms with Crippen LogP contribution < -0.4 is 48.2 Å². The number of terminal acetylenes is 1. The number of benzene rings is 3. The fourth-order valence-corrected chi connectivity index (χ4v) is 1270. The number of hydrogen-bond acceptors (Lipinski definition) is 16. The zero-order valence-corrected chi connectivity index (χ0v) is 109. The Labute approximate surface area is 917 Å². The molecule has 62 heteroatoms. The fourth-order valence-electron chi connectivity index (χ4n) is 13.9. The zero-order chi connectivity index (χ0) is 93.4. The van der Waals surface area contributed by atoms with E-state index in [-0.39, 0.29) is 222 Å². The van der Waals surface area contributed by atoms with E-state index in [4.69, 9.17) is 10.8 Å². The summed E-state index contributed by atoms with van der Waals surface area (Å²) >= 11 is 29.2. The molecule has 6 heterocycles. The van der Waals surface area contributed by atoms with Gasteiger partial charge in [-0.1, -0.05) is 14.9 Å². The topological polar surface area (TPSA) is 337 Å². The number of carboxylic acid groups (broad SMARTS) is 1. The van der Waals surface area contributed by atoms with E-state index < -0.39 is 208 Å². The van der Waals surface area contributed by atoms with Gasteiger partial charge in [0.15, 0.2) is 52.4 Å². The first kappa shape index (κ1) is 137. The number of ketones is 2. The van der Waals surface area contributed by atoms with Gasteiger partial charge in [-0.2, -0.15) is 89.9 Å². The van der Waals surface area contributed by atoms with E-state index in [1.165, 1.54) is 35.9 Å². The van der Waals surface area contributed by atoms with Crippen molar-refractivity contribution in [2.45, 2.75) is 166 Å². The molecule has 7 N–H and O–H groups in total. The van der Waals surface area contributed by atoms with Crippen LogP contribution in [0.5, 0.6) is 0 Å². The van der Waals surface area contributed by atoms with E-state index in [2.05, 4.69) is 250 Å². The molecule has 3 aromatic carbocycles. The second kappa shape index (κ2) is 62.6. The van der Waals surface area contributed by atoms with Crippen LogP contribution in [-0.2, 0) is 55.0 Å². The smallest absolute Gasteiger partial charge is 0.252 e. The summed E-state index contributed by atoms with van der Waals surface area (Å²) in [5, 5.41) is 40.3. The monoisotopic (exact) mass is 4000 g/mol. The summed E-state index contributed by atoms with van der Waals surface area (Å²) in [5.74, 6) is -30.6. The number of aromatic nitrogens is 3. The van der Waals surface area contributed by atoms with Gasteiger partial charge in [0.05, 0.1) is 59.3 Å². The molecule has 0 spiro atoms. The summed E-state index contributed by atoms with van der Waals surface area (Å²) in [6, 6.07) is 1.83. The quantitative estimate of drug-likeness (QED) is 0.0158. The maximum Gasteiger partial charge on any atom is 0.252 e. The van der Waals surface area contributed by atoms with Gasteiger partial charge in [0.2, 0.25) is 23.5 Å². The Kier molecular flexibility index (Phi) is 65.7. The number of anilines is 2. The van der Waals surface area contributed by atoms with Crippen LogP contribution >= 0.6 is 300 Å². The summed E-state index contributed by atoms with van der Waals surface area (Å²) in [6.07, 6.45) is 5.46. The Morgan fingerprint density at radius 1 is 0.565 bits per heavy atom. The second-order valence-electron chi connectivity index (χ2n) is 27.7. The molecule has 6 atom stereocenters. The third kappa shape index (κ3) is 39.4. The summed E-state index contributed by atoms with van der Waals surface area (Å²) in [7, 11) is -1.65. The third-order valence-corrected chi connectivity index (χ3v) is 846. The number of likely N-dealkylation sites (tertiary alicyclic amines) is 3. The van der Waals surface area contributed by atoms with Crippen molar-refractivity contribution in [1.82, 2.24) is 35.4 Å². The Morgan fingerprint density at radius 3 is 1.28 bits per heavy atom. The number of amides is 6. The van der Waals surface area contributed by atoms with Gasteiger partial charge in [-0.05, 0) is 76.8 Å². The zero-order valence-electron chi connectivity index (χ0n) is 65.7. The standard InChI is InChI=1S/C22H21F5N4O3.C21H20F5N5O3.C14H13F3N2O4.C7H9F2N3.C3H4.2CH4.ClH.I11.I7.4H2S/c1-11-13(16(32)8-12-6-14(23)18(25)15(24)7-12)3-5-31(11)20(34)19(33)29-21(9-22(26,27)10-21)17-2-4-28-30-17;1-10-12(18(33)28-11-4-13(22)17(24)14(23)5-11)2-3-31(10)19(34)15(32)6-20(8-21(25,26)9-20)16-7-27-30-29-16;1-6-8(2-3-19(6)13(21)14(22)23)12(20)18-7-4-9(15)11(17)10(16)5-7;8-7(9)3-6(10,4-7)5-1-2-11-12-5;1-3-2;;;;1-7-9(4)11(6)10(5)8(2)3;1-5-7(4)6(2)3;;;;/h2,6-7,11,13H,3-5,8-10H2,1H3,(H,29,33);4-5,7,10,12H,2-3,6,8-9H2,1H3,(H,28,33)(H,27,29,30);4-6,8H,2-3H2,1H3,(H,18,20)(H,22,23);1H,2-4,10H2;1H,2H3;2*1H4;1H;;;4*1H2/q;;;;;;;;2*-1;;;;/t11-,13+;10-,12-;6-,8-;;;;;;;;;;;/m000.........../s1. The van der Waals surface area contributed by atoms with E-state index in [9.17, 15) is 109 Å². The van der Waals surface area contributed by atoms with Crippen LogP contribution in [0.1, 0.15) is 118 Å². The number of Topliss-reactive ketones (excluding diaryl/α,β-unsaturated/α-hetero) is 2. The van der Waals surface area contributed by atoms with Crippen molar-refractivity contribution in [3.05, 3.63) is 130 Å². The number of rotatable bonds is 20. The number of nitrogens with two attached hydrogens (primary N) is 1. The van der Waals surface area contributed by atoms with E-state index >= 15 is 0 Å². The predicted molar refractivity (Wildman–Crippen MR) is 625 cm³/mol. The van der Waals surface area contributed by atoms with Crippen LogP contribution in [0.4, 0.5) is 77.2 Å². The van der Waals surface area contributed by atoms with Gasteiger partial charge in [0.1, 0.15) is 5.78 Å². The summed E-state index contributed by atoms with van der Waals surface area (Å²) in [6.45, 7) is 7.08. The molecule has 24 nitrogen and oxygen atoms in total. The van der Waals surface area contributed by atoms with Crippen molar-refractivity contribution < 1.29 is 141 Å². The minimum absolute atomic E-state index is 0. The number of halogens is 34. The fraction of sp³-hybridized carbons (Fsp3) is 0.493. The van der Waals surface area contributed by atoms with E-state index in [1.54, 1.807) is 19.9 Å². The van der Waals surface area contributed by atoms with Crippen molar-refractivity contribution >= 4 is 364 Å². The van der Waals surface area contributed by atoms with Crippen LogP contribution in [0.15, 0.2) is 86.6 Å². The molecule has 6 fully saturated rings. The summed E-state index contributed by atoms with van der Waals surface area (Å²) < 4.78 is 199. The first-order chi connectivity index (χ1) is 57.7. The second-order valence-corrected chi connectivity index (χ2v) is 353. The van der Waals surface area contributed by atoms with E-state index in [0.29, 0.717) is 63.0 Å². The van der Waals surface area contributed by atoms with Crippen molar-refractivity contribution in [3.63, 3.8) is 0 Å². The largest absolute Gasteiger partial charge is 0.320 e. The van der Waals surface area contributed by atoms with E-state index in [0.717, 1.165) is 17.0 Å². The van der Waals surface area contributed by atoms with Crippen molar-refractivity contribution in [3.8, 4) is 12.3 Å². The third-order valence-electron chi connectivity index (χ3n) is 19.4. The van der Waals surface area contributed by atoms with Crippen LogP contribution in [0.3, 0.4) is 0 Å². The number of aliphatic carboxylic acids is 1. The number of carbonyl (C=O) groups excluding carboxylic acids is 8. The molecule has 131 heavy (non-hydrogen) atoms. The number of carboxylic acids is 1. The van der Waals surface area contributed by atoms with Gasteiger partial charge in [-0.25, -0.2) is 70.7 Å². The molecule has 6 amide bonds. The normalized spacial score (nSPS) is 20.8. The summed E-state index contributed by atoms with van der Waals surface area (Å²) in [4.78, 5) is 114. The average Bonchev–Trinajstić information content (AvgIpc) is 1.71. The van der Waals surface area contributed by atoms with Gasteiger partial charge < -0.3 is 41.5 Å². The number of H-pyrrole nitrogens is 1. The number of alkyl halides is 6. The molecule has 754 valence electrons. The number of aromatic amines is 1. The Bertz CT molecular complexity index is 4700. The van der Waals surface area contributed by atoms with Gasteiger partial charge >= 0.3 is 284 Å². The first-order valence-electron chi connectivity index (χ1n) is 34.7. The van der Waals surface area contributed by atoms with Crippen molar-refractivity contribution in [1.29, 1.82) is 0 Å². The molecule has 3 aliphatic carbocycles. The van der Waals surface area contributed by atoms with Crippen LogP contribution in [0.25, 0.3) is 0 Å². The molecular weight excluding hydrogens is 3920 g/mol. The molecule has 4 aromatic rings. The number of nitrogens with zero attached hydrogens (tertiary/aromatic N) is 9. The van der Waals surface area contributed by atoms with Gasteiger partial charge in [0.25, 0.3) is 17.8 Å². The number of nitrogens with one attached hydrogen (secondary N) is 4. The van der Waals surface area contributed by atoms with Crippen LogP contribution in [-0.4, -0.2) is 168 Å². The van der Waals surface area contributed by atoms with Crippen molar-refractivity contribution in [2.75, 3.05) is 43.4 Å². The SMILES string of the molecule is C.C.C#CC.C[C@H]1[C@@H](C(=O)Nc2cc(F)c(F)c(F)c2)CCN1C(=O)C(=O)CC1(c2cn[nH]n2)CC(F)(F)C1.C[C@H]1[C@@H](C(=O)Nc2cc(F)c(F)c(F)c2)CCN1C(=O)C(=O)O.C[C@H]1[C@H](C(=O)Cc2cc(F)c(F)c(F)c2)CCN1C(=O)C(=O)NC1(C2=CCN=N2)CC(F)(F)C1.Cl.I[I-]I(I)I(I)I.I[I-]I(I)I(I)I(I)I(I)I.NC1(C2=CCN=N2)CC(F)(F)C1.S.S.S.S. The number of azo groups is 2. The average molecular weight is 4000 g/mol. The van der Waals surface area contributed by atoms with Crippen molar-refractivity contribution in [2.24, 2.45) is 43.9 Å². The minimum atomic E-state index is -3.01. The minimum Gasteiger partial charge on any atom is -0.320 e. The Morgan fingerprint density at radius 2 is 0.939 bits per heavy atom. The van der Waals surface area contributed by atoms with Gasteiger partial charge in [-0.3, -0.25) is 38.4 Å². The Hall–Kier alpha value is 4.41. The molecule has 12 rings (SSSR count). The van der Waals surface area contributed by atoms with E-state index in [1.807, 2.05) is 0 Å². The Balaban J connectivity index is 0.